The lowest BCUT2D eigenvalue weighted by atomic mass is 10.2. The molecule has 0 atom stereocenters. The van der Waals surface area contributed by atoms with E-state index in [1.165, 1.54) is 4.70 Å². The number of fused-ring (bicyclic) bond motifs is 2. The molecule has 0 fully saturated rings. The number of hydrogen-bond donors (Lipinski definition) is 1. The summed E-state index contributed by atoms with van der Waals surface area (Å²) in [5.41, 5.74) is 2.85. The third-order valence-electron chi connectivity index (χ3n) is 3.99. The number of aryl methyl sites for hydroxylation is 2. The van der Waals surface area contributed by atoms with Gasteiger partial charge in [-0.2, -0.15) is 5.10 Å². The lowest BCUT2D eigenvalue weighted by Gasteiger charge is -2.03. The van der Waals surface area contributed by atoms with Crippen molar-refractivity contribution in [1.29, 1.82) is 0 Å². The number of hydrogen-bond acceptors (Lipinski definition) is 5. The van der Waals surface area contributed by atoms with E-state index in [1.54, 1.807) is 34.3 Å². The number of benzene rings is 1. The van der Waals surface area contributed by atoms with Crippen molar-refractivity contribution in [3.05, 3.63) is 59.0 Å². The number of para-hydroxylation sites is 1. The molecule has 3 aromatic heterocycles. The molecule has 1 N–H and O–H groups in total. The number of nitrogens with one attached hydrogen (secondary N) is 1. The van der Waals surface area contributed by atoms with Crippen LogP contribution in [0, 0.1) is 6.92 Å². The molecule has 4 aromatic rings. The third kappa shape index (κ3) is 3.10. The Balaban J connectivity index is 1.38. The number of thiazole rings is 1. The van der Waals surface area contributed by atoms with Crippen LogP contribution in [0.3, 0.4) is 0 Å². The van der Waals surface area contributed by atoms with E-state index in [0.29, 0.717) is 23.4 Å². The summed E-state index contributed by atoms with van der Waals surface area (Å²) in [6.45, 7) is 2.42. The van der Waals surface area contributed by atoms with Gasteiger partial charge in [0.25, 0.3) is 5.91 Å². The summed E-state index contributed by atoms with van der Waals surface area (Å²) in [6, 6.07) is 9.92. The van der Waals surface area contributed by atoms with Crippen LogP contribution < -0.4 is 5.32 Å². The van der Waals surface area contributed by atoms with E-state index < -0.39 is 0 Å². The van der Waals surface area contributed by atoms with Gasteiger partial charge in [-0.3, -0.25) is 4.79 Å². The highest BCUT2D eigenvalue weighted by Crippen LogP contribution is 2.22. The fourth-order valence-corrected chi connectivity index (χ4v) is 3.83. The second kappa shape index (κ2) is 6.60. The zero-order chi connectivity index (χ0) is 17.2. The van der Waals surface area contributed by atoms with E-state index in [-0.39, 0.29) is 5.91 Å². The van der Waals surface area contributed by atoms with Crippen molar-refractivity contribution in [2.75, 3.05) is 6.54 Å². The lowest BCUT2D eigenvalue weighted by Crippen LogP contribution is -2.25. The van der Waals surface area contributed by atoms with Crippen molar-refractivity contribution in [3.8, 4) is 0 Å². The van der Waals surface area contributed by atoms with Crippen molar-refractivity contribution in [2.45, 2.75) is 19.8 Å². The van der Waals surface area contributed by atoms with Gasteiger partial charge in [0.15, 0.2) is 5.65 Å². The fraction of sp³-hybridized carbons (Fsp3) is 0.222. The minimum Gasteiger partial charge on any atom is -0.352 e. The van der Waals surface area contributed by atoms with Crippen molar-refractivity contribution in [2.24, 2.45) is 0 Å². The fourth-order valence-electron chi connectivity index (χ4n) is 2.82. The predicted octanol–water partition coefficient (Wildman–Crippen LogP) is 3.01. The molecule has 3 heterocycles. The van der Waals surface area contributed by atoms with Crippen molar-refractivity contribution >= 4 is 33.1 Å². The Morgan fingerprint density at radius 1 is 1.28 bits per heavy atom. The molecule has 7 heteroatoms. The molecular formula is C18H17N5OS. The maximum absolute atomic E-state index is 12.5. The van der Waals surface area contributed by atoms with Crippen LogP contribution in [0.5, 0.6) is 0 Å². The number of nitrogens with zero attached hydrogens (tertiary/aromatic N) is 4. The number of carbonyl (C=O) groups is 1. The van der Waals surface area contributed by atoms with Crippen LogP contribution in [0.25, 0.3) is 15.9 Å². The number of amides is 1. The number of carbonyl (C=O) groups excluding carboxylic acids is 1. The number of rotatable bonds is 5. The van der Waals surface area contributed by atoms with Gasteiger partial charge < -0.3 is 5.32 Å². The van der Waals surface area contributed by atoms with E-state index in [1.807, 2.05) is 25.1 Å². The second-order valence-corrected chi connectivity index (χ2v) is 6.90. The monoisotopic (exact) mass is 351 g/mol. The van der Waals surface area contributed by atoms with E-state index >= 15 is 0 Å². The van der Waals surface area contributed by atoms with E-state index in [4.69, 9.17) is 0 Å². The molecule has 0 aliphatic heterocycles. The highest BCUT2D eigenvalue weighted by molar-refractivity contribution is 7.18. The summed E-state index contributed by atoms with van der Waals surface area (Å²) in [7, 11) is 0. The molecule has 4 rings (SSSR count). The zero-order valence-corrected chi connectivity index (χ0v) is 14.6. The van der Waals surface area contributed by atoms with Gasteiger partial charge in [0.2, 0.25) is 0 Å². The van der Waals surface area contributed by atoms with Crippen LogP contribution in [0.2, 0.25) is 0 Å². The molecule has 0 saturated heterocycles. The van der Waals surface area contributed by atoms with Crippen LogP contribution in [0.4, 0.5) is 0 Å². The zero-order valence-electron chi connectivity index (χ0n) is 13.8. The summed E-state index contributed by atoms with van der Waals surface area (Å²) < 4.78 is 2.83. The minimum absolute atomic E-state index is 0.129. The van der Waals surface area contributed by atoms with Crippen LogP contribution >= 0.6 is 11.3 Å². The van der Waals surface area contributed by atoms with E-state index in [9.17, 15) is 4.79 Å². The molecular weight excluding hydrogens is 334 g/mol. The van der Waals surface area contributed by atoms with Gasteiger partial charge in [0, 0.05) is 25.4 Å². The van der Waals surface area contributed by atoms with Crippen molar-refractivity contribution < 1.29 is 4.79 Å². The Morgan fingerprint density at radius 2 is 2.16 bits per heavy atom. The Kier molecular flexibility index (Phi) is 4.15. The molecule has 1 amide bonds. The molecule has 0 aliphatic carbocycles. The summed E-state index contributed by atoms with van der Waals surface area (Å²) in [6.07, 6.45) is 5.16. The SMILES string of the molecule is Cc1nn2cccnc2c1C(=O)NCCCc1nc2ccccc2s1. The van der Waals surface area contributed by atoms with Crippen LogP contribution in [0.1, 0.15) is 27.5 Å². The average Bonchev–Trinajstić information content (AvgIpc) is 3.17. The second-order valence-electron chi connectivity index (χ2n) is 5.78. The number of aromatic nitrogens is 4. The maximum atomic E-state index is 12.5. The minimum atomic E-state index is -0.129. The molecule has 0 aliphatic rings. The predicted molar refractivity (Wildman–Crippen MR) is 98.0 cm³/mol. The molecule has 0 saturated carbocycles. The Bertz CT molecular complexity index is 1020. The van der Waals surface area contributed by atoms with Crippen molar-refractivity contribution in [3.63, 3.8) is 0 Å². The van der Waals surface area contributed by atoms with Gasteiger partial charge in [-0.1, -0.05) is 12.1 Å². The summed E-state index contributed by atoms with van der Waals surface area (Å²) in [5.74, 6) is -0.129. The van der Waals surface area contributed by atoms with Crippen LogP contribution in [-0.2, 0) is 6.42 Å². The first kappa shape index (κ1) is 15.7. The lowest BCUT2D eigenvalue weighted by molar-refractivity contribution is 0.0954. The summed E-state index contributed by atoms with van der Waals surface area (Å²) in [5, 5.41) is 8.39. The molecule has 0 unspecified atom stereocenters. The Labute approximate surface area is 148 Å². The first-order valence-corrected chi connectivity index (χ1v) is 8.96. The largest absolute Gasteiger partial charge is 0.352 e. The van der Waals surface area contributed by atoms with E-state index in [0.717, 1.165) is 23.4 Å². The normalized spacial score (nSPS) is 11.2. The first-order chi connectivity index (χ1) is 12.2. The van der Waals surface area contributed by atoms with Crippen LogP contribution in [0.15, 0.2) is 42.7 Å². The van der Waals surface area contributed by atoms with Crippen LogP contribution in [-0.4, -0.2) is 32.0 Å². The third-order valence-corrected chi connectivity index (χ3v) is 5.08. The summed E-state index contributed by atoms with van der Waals surface area (Å²) in [4.78, 5) is 21.3. The molecule has 6 nitrogen and oxygen atoms in total. The highest BCUT2D eigenvalue weighted by Gasteiger charge is 2.17. The van der Waals surface area contributed by atoms with E-state index in [2.05, 4.69) is 26.4 Å². The molecule has 0 radical (unpaired) electrons. The summed E-state index contributed by atoms with van der Waals surface area (Å²) >= 11 is 1.71. The van der Waals surface area contributed by atoms with Gasteiger partial charge in [0.05, 0.1) is 20.9 Å². The van der Waals surface area contributed by atoms with Gasteiger partial charge in [-0.25, -0.2) is 14.5 Å². The molecule has 126 valence electrons. The Morgan fingerprint density at radius 3 is 3.04 bits per heavy atom. The van der Waals surface area contributed by atoms with Gasteiger partial charge in [-0.05, 0) is 31.5 Å². The average molecular weight is 351 g/mol. The quantitative estimate of drug-likeness (QED) is 0.561. The van der Waals surface area contributed by atoms with Gasteiger partial charge in [-0.15, -0.1) is 11.3 Å². The smallest absolute Gasteiger partial charge is 0.257 e. The van der Waals surface area contributed by atoms with Gasteiger partial charge >= 0.3 is 0 Å². The van der Waals surface area contributed by atoms with Crippen molar-refractivity contribution in [1.82, 2.24) is 24.9 Å². The highest BCUT2D eigenvalue weighted by atomic mass is 32.1. The Hall–Kier alpha value is -2.80. The molecule has 1 aromatic carbocycles. The van der Waals surface area contributed by atoms with Gasteiger partial charge in [0.1, 0.15) is 5.56 Å². The molecule has 25 heavy (non-hydrogen) atoms. The topological polar surface area (TPSA) is 72.2 Å². The first-order valence-electron chi connectivity index (χ1n) is 8.15. The standard InChI is InChI=1S/C18H17N5OS/c1-12-16(17-19-10-5-11-23(17)22-12)18(24)20-9-4-8-15-21-13-6-2-3-7-14(13)25-15/h2-3,5-7,10-11H,4,8-9H2,1H3,(H,20,24). The molecule has 0 bridgehead atoms. The molecule has 0 spiro atoms. The maximum Gasteiger partial charge on any atom is 0.257 e.